The van der Waals surface area contributed by atoms with Crippen molar-refractivity contribution in [2.24, 2.45) is 5.92 Å². The molecule has 0 aromatic heterocycles. The summed E-state index contributed by atoms with van der Waals surface area (Å²) in [6.07, 6.45) is 3.58. The first-order valence-corrected chi connectivity index (χ1v) is 4.52. The van der Waals surface area contributed by atoms with Gasteiger partial charge in [-0.25, -0.2) is 0 Å². The van der Waals surface area contributed by atoms with Gasteiger partial charge in [-0.15, -0.1) is 0 Å². The highest BCUT2D eigenvalue weighted by atomic mass is 32.2. The Kier molecular flexibility index (Phi) is 2.70. The van der Waals surface area contributed by atoms with E-state index in [4.69, 9.17) is 0 Å². The number of hydrogen-bond donors (Lipinski definition) is 1. The molecule has 0 atom stereocenters. The van der Waals surface area contributed by atoms with Gasteiger partial charge in [0, 0.05) is 0 Å². The number of nitrogens with one attached hydrogen (secondary N) is 1. The highest BCUT2D eigenvalue weighted by molar-refractivity contribution is 7.98. The Labute approximate surface area is 55.2 Å². The van der Waals surface area contributed by atoms with Crippen molar-refractivity contribution in [2.75, 3.05) is 25.1 Å². The minimum absolute atomic E-state index is 1.00. The Morgan fingerprint density at radius 3 is 2.75 bits per heavy atom. The molecule has 1 heterocycles. The van der Waals surface area contributed by atoms with Crippen molar-refractivity contribution in [1.82, 2.24) is 5.32 Å². The van der Waals surface area contributed by atoms with Crippen LogP contribution in [0.4, 0.5) is 0 Å². The van der Waals surface area contributed by atoms with Gasteiger partial charge in [0.05, 0.1) is 0 Å². The summed E-state index contributed by atoms with van der Waals surface area (Å²) in [5, 5.41) is 3.26. The Bertz CT molecular complexity index is 61.5. The molecular weight excluding hydrogens is 118 g/mol. The topological polar surface area (TPSA) is 12.0 Å². The minimum atomic E-state index is 1.00. The molecule has 0 bridgehead atoms. The van der Waals surface area contributed by atoms with Gasteiger partial charge in [-0.1, -0.05) is 0 Å². The predicted octanol–water partition coefficient (Wildman–Crippen LogP) is 0.959. The van der Waals surface area contributed by atoms with Crippen molar-refractivity contribution in [1.29, 1.82) is 0 Å². The quantitative estimate of drug-likeness (QED) is 0.612. The zero-order chi connectivity index (χ0) is 5.82. The van der Waals surface area contributed by atoms with Crippen LogP contribution >= 0.6 is 11.8 Å². The van der Waals surface area contributed by atoms with Crippen LogP contribution in [0.5, 0.6) is 0 Å². The molecule has 0 radical (unpaired) electrons. The summed E-state index contributed by atoms with van der Waals surface area (Å²) in [5.74, 6) is 2.34. The van der Waals surface area contributed by atoms with E-state index in [1.54, 1.807) is 0 Å². The van der Waals surface area contributed by atoms with Gasteiger partial charge >= 0.3 is 0 Å². The van der Waals surface area contributed by atoms with Gasteiger partial charge in [-0.05, 0) is 37.4 Å². The first-order chi connectivity index (χ1) is 3.93. The van der Waals surface area contributed by atoms with E-state index in [1.807, 2.05) is 11.8 Å². The van der Waals surface area contributed by atoms with Crippen molar-refractivity contribution in [2.45, 2.75) is 6.42 Å². The lowest BCUT2D eigenvalue weighted by Gasteiger charge is -2.26. The maximum absolute atomic E-state index is 3.26. The van der Waals surface area contributed by atoms with Crippen LogP contribution in [0, 0.1) is 5.92 Å². The molecule has 1 N–H and O–H groups in total. The summed E-state index contributed by atoms with van der Waals surface area (Å²) in [7, 11) is 0. The summed E-state index contributed by atoms with van der Waals surface area (Å²) in [4.78, 5) is 0. The zero-order valence-electron chi connectivity index (χ0n) is 5.31. The van der Waals surface area contributed by atoms with E-state index in [-0.39, 0.29) is 0 Å². The fourth-order valence-corrected chi connectivity index (χ4v) is 1.41. The lowest BCUT2D eigenvalue weighted by molar-refractivity contribution is 0.341. The SMILES string of the molecule is CSCCC1CNC1. The smallest absolute Gasteiger partial charge is 0.000796 e. The third-order valence-electron chi connectivity index (χ3n) is 1.60. The average Bonchev–Trinajstić information content (AvgIpc) is 1.63. The molecular formula is C6H13NS. The van der Waals surface area contributed by atoms with Crippen LogP contribution in [0.25, 0.3) is 0 Å². The number of hydrogen-bond acceptors (Lipinski definition) is 2. The predicted molar refractivity (Wildman–Crippen MR) is 39.4 cm³/mol. The molecule has 0 aliphatic carbocycles. The molecule has 0 aromatic rings. The van der Waals surface area contributed by atoms with E-state index in [1.165, 1.54) is 25.3 Å². The normalized spacial score (nSPS) is 20.6. The molecule has 1 saturated heterocycles. The molecule has 1 fully saturated rings. The van der Waals surface area contributed by atoms with Gasteiger partial charge in [-0.2, -0.15) is 11.8 Å². The van der Waals surface area contributed by atoms with E-state index in [2.05, 4.69) is 11.6 Å². The maximum Gasteiger partial charge on any atom is -0.000796 e. The molecule has 0 saturated carbocycles. The molecule has 1 aliphatic heterocycles. The van der Waals surface area contributed by atoms with Gasteiger partial charge < -0.3 is 5.32 Å². The Balaban J connectivity index is 1.86. The van der Waals surface area contributed by atoms with Crippen molar-refractivity contribution < 1.29 is 0 Å². The summed E-state index contributed by atoms with van der Waals surface area (Å²) in [6.45, 7) is 2.53. The molecule has 1 nitrogen and oxygen atoms in total. The van der Waals surface area contributed by atoms with Crippen LogP contribution in [0.1, 0.15) is 6.42 Å². The van der Waals surface area contributed by atoms with E-state index in [0.717, 1.165) is 5.92 Å². The minimum Gasteiger partial charge on any atom is -0.316 e. The molecule has 2 heteroatoms. The van der Waals surface area contributed by atoms with Gasteiger partial charge in [-0.3, -0.25) is 0 Å². The summed E-state index contributed by atoms with van der Waals surface area (Å²) in [6, 6.07) is 0. The summed E-state index contributed by atoms with van der Waals surface area (Å²) >= 11 is 1.95. The molecule has 0 unspecified atom stereocenters. The van der Waals surface area contributed by atoms with Gasteiger partial charge in [0.2, 0.25) is 0 Å². The molecule has 8 heavy (non-hydrogen) atoms. The van der Waals surface area contributed by atoms with Crippen LogP contribution < -0.4 is 5.32 Å². The van der Waals surface area contributed by atoms with Crippen LogP contribution in [-0.4, -0.2) is 25.1 Å². The summed E-state index contributed by atoms with van der Waals surface area (Å²) < 4.78 is 0. The van der Waals surface area contributed by atoms with E-state index < -0.39 is 0 Å². The Morgan fingerprint density at radius 1 is 1.62 bits per heavy atom. The average molecular weight is 131 g/mol. The lowest BCUT2D eigenvalue weighted by Crippen LogP contribution is -2.42. The van der Waals surface area contributed by atoms with Crippen molar-refractivity contribution in [3.8, 4) is 0 Å². The first-order valence-electron chi connectivity index (χ1n) is 3.13. The number of thioether (sulfide) groups is 1. The van der Waals surface area contributed by atoms with E-state index in [0.29, 0.717) is 0 Å². The largest absolute Gasteiger partial charge is 0.316 e. The molecule has 0 spiro atoms. The molecule has 1 rings (SSSR count). The lowest BCUT2D eigenvalue weighted by atomic mass is 10.0. The second kappa shape index (κ2) is 3.36. The second-order valence-corrected chi connectivity index (χ2v) is 3.29. The first kappa shape index (κ1) is 6.43. The van der Waals surface area contributed by atoms with Crippen LogP contribution in [0.15, 0.2) is 0 Å². The fourth-order valence-electron chi connectivity index (χ4n) is 0.837. The third-order valence-corrected chi connectivity index (χ3v) is 2.24. The van der Waals surface area contributed by atoms with Crippen LogP contribution in [0.2, 0.25) is 0 Å². The van der Waals surface area contributed by atoms with Gasteiger partial charge in [0.15, 0.2) is 0 Å². The molecule has 48 valence electrons. The van der Waals surface area contributed by atoms with Crippen LogP contribution in [-0.2, 0) is 0 Å². The fraction of sp³-hybridized carbons (Fsp3) is 1.00. The molecule has 1 aliphatic rings. The zero-order valence-corrected chi connectivity index (χ0v) is 6.13. The molecule has 0 aromatic carbocycles. The summed E-state index contributed by atoms with van der Waals surface area (Å²) in [5.41, 5.74) is 0. The maximum atomic E-state index is 3.26. The van der Waals surface area contributed by atoms with Crippen LogP contribution in [0.3, 0.4) is 0 Å². The van der Waals surface area contributed by atoms with E-state index >= 15 is 0 Å². The Morgan fingerprint density at radius 2 is 2.38 bits per heavy atom. The van der Waals surface area contributed by atoms with E-state index in [9.17, 15) is 0 Å². The van der Waals surface area contributed by atoms with Crippen molar-refractivity contribution in [3.05, 3.63) is 0 Å². The standard InChI is InChI=1S/C6H13NS/c1-8-3-2-6-4-7-5-6/h6-7H,2-5H2,1H3. The Hall–Kier alpha value is 0.310. The monoisotopic (exact) mass is 131 g/mol. The second-order valence-electron chi connectivity index (χ2n) is 2.31. The van der Waals surface area contributed by atoms with Crippen molar-refractivity contribution in [3.63, 3.8) is 0 Å². The highest BCUT2D eigenvalue weighted by Gasteiger charge is 2.14. The third kappa shape index (κ3) is 1.67. The van der Waals surface area contributed by atoms with Gasteiger partial charge in [0.1, 0.15) is 0 Å². The molecule has 0 amide bonds. The van der Waals surface area contributed by atoms with Crippen molar-refractivity contribution >= 4 is 11.8 Å². The van der Waals surface area contributed by atoms with Gasteiger partial charge in [0.25, 0.3) is 0 Å². The highest BCUT2D eigenvalue weighted by Crippen LogP contribution is 2.10. The number of rotatable bonds is 3.